The molecule has 2 aromatic heterocycles. The van der Waals surface area contributed by atoms with Gasteiger partial charge in [-0.05, 0) is 62.4 Å². The fourth-order valence-corrected chi connectivity index (χ4v) is 5.57. The first-order valence-corrected chi connectivity index (χ1v) is 11.5. The number of rotatable bonds is 4. The zero-order chi connectivity index (χ0) is 21.9. The van der Waals surface area contributed by atoms with Crippen molar-refractivity contribution in [1.82, 2.24) is 13.9 Å². The summed E-state index contributed by atoms with van der Waals surface area (Å²) < 4.78 is 42.4. The molecule has 0 radical (unpaired) electrons. The van der Waals surface area contributed by atoms with E-state index in [9.17, 15) is 12.8 Å². The van der Waals surface area contributed by atoms with Crippen molar-refractivity contribution in [1.29, 1.82) is 0 Å². The minimum absolute atomic E-state index is 0.171. The van der Waals surface area contributed by atoms with Crippen LogP contribution in [0.3, 0.4) is 0 Å². The van der Waals surface area contributed by atoms with E-state index < -0.39 is 15.8 Å². The largest absolute Gasteiger partial charge is 0.383 e. The lowest BCUT2D eigenvalue weighted by Crippen LogP contribution is -2.15. The number of hydrogen-bond donors (Lipinski definition) is 1. The van der Waals surface area contributed by atoms with Crippen molar-refractivity contribution in [2.75, 3.05) is 5.73 Å². The summed E-state index contributed by atoms with van der Waals surface area (Å²) in [5.41, 5.74) is 9.43. The van der Waals surface area contributed by atoms with Crippen molar-refractivity contribution in [3.63, 3.8) is 0 Å². The summed E-state index contributed by atoms with van der Waals surface area (Å²) in [6.07, 6.45) is 1.94. The van der Waals surface area contributed by atoms with Crippen LogP contribution in [0.25, 0.3) is 22.4 Å². The summed E-state index contributed by atoms with van der Waals surface area (Å²) in [5, 5.41) is 0.566. The molecule has 0 saturated heterocycles. The number of nitrogens with zero attached hydrogens (tertiary/aromatic N) is 3. The zero-order valence-electron chi connectivity index (χ0n) is 17.1. The monoisotopic (exact) mass is 436 g/mol. The third-order valence-corrected chi connectivity index (χ3v) is 7.50. The van der Waals surface area contributed by atoms with Crippen LogP contribution in [0, 0.1) is 19.7 Å². The summed E-state index contributed by atoms with van der Waals surface area (Å²) >= 11 is 0. The molecule has 8 heteroatoms. The molecule has 1 fully saturated rings. The second kappa shape index (κ2) is 6.88. The van der Waals surface area contributed by atoms with Gasteiger partial charge in [0.1, 0.15) is 11.6 Å². The Labute approximate surface area is 179 Å². The average molecular weight is 437 g/mol. The highest BCUT2D eigenvalue weighted by Gasteiger charge is 2.35. The highest BCUT2D eigenvalue weighted by atomic mass is 32.2. The summed E-state index contributed by atoms with van der Waals surface area (Å²) in [4.78, 5) is 9.14. The second-order valence-corrected chi connectivity index (χ2v) is 9.78. The van der Waals surface area contributed by atoms with Gasteiger partial charge >= 0.3 is 0 Å². The molecule has 0 bridgehead atoms. The van der Waals surface area contributed by atoms with Gasteiger partial charge in [-0.25, -0.2) is 26.7 Å². The summed E-state index contributed by atoms with van der Waals surface area (Å²) in [7, 11) is -3.93. The first kappa shape index (κ1) is 19.7. The Bertz CT molecular complexity index is 1440. The fraction of sp³-hybridized carbons (Fsp3) is 0.217. The number of aromatic nitrogens is 3. The summed E-state index contributed by atoms with van der Waals surface area (Å²) in [6, 6.07) is 12.5. The molecule has 0 unspecified atom stereocenters. The van der Waals surface area contributed by atoms with Gasteiger partial charge in [-0.2, -0.15) is 0 Å². The van der Waals surface area contributed by atoms with E-state index in [1.54, 1.807) is 43.3 Å². The molecule has 6 nitrogen and oxygen atoms in total. The van der Waals surface area contributed by atoms with Crippen LogP contribution in [0.1, 0.15) is 35.6 Å². The van der Waals surface area contributed by atoms with Crippen molar-refractivity contribution < 1.29 is 12.8 Å². The molecule has 0 aliphatic heterocycles. The maximum absolute atomic E-state index is 13.8. The van der Waals surface area contributed by atoms with Crippen molar-refractivity contribution >= 4 is 26.9 Å². The molecule has 1 saturated carbocycles. The molecule has 31 heavy (non-hydrogen) atoms. The van der Waals surface area contributed by atoms with Crippen LogP contribution in [0.2, 0.25) is 0 Å². The molecule has 2 heterocycles. The maximum Gasteiger partial charge on any atom is 0.269 e. The number of fused-ring (bicyclic) bond motifs is 1. The number of hydrogen-bond acceptors (Lipinski definition) is 5. The number of anilines is 1. The molecule has 1 aliphatic carbocycles. The molecule has 2 N–H and O–H groups in total. The number of nitrogens with two attached hydrogens (primary N) is 1. The Hall–Kier alpha value is -3.26. The van der Waals surface area contributed by atoms with Crippen LogP contribution in [0.15, 0.2) is 53.4 Å². The number of nitrogen functional groups attached to an aromatic ring is 1. The van der Waals surface area contributed by atoms with E-state index in [0.29, 0.717) is 16.6 Å². The molecule has 5 rings (SSSR count). The highest BCUT2D eigenvalue weighted by molar-refractivity contribution is 7.90. The van der Waals surface area contributed by atoms with Gasteiger partial charge in [0.15, 0.2) is 11.5 Å². The van der Waals surface area contributed by atoms with Gasteiger partial charge in [-0.3, -0.25) is 0 Å². The van der Waals surface area contributed by atoms with Gasteiger partial charge < -0.3 is 5.73 Å². The van der Waals surface area contributed by atoms with Crippen LogP contribution in [0.5, 0.6) is 0 Å². The number of aryl methyl sites for hydroxylation is 1. The van der Waals surface area contributed by atoms with Gasteiger partial charge in [0.05, 0.1) is 10.3 Å². The third kappa shape index (κ3) is 3.18. The minimum atomic E-state index is -3.93. The van der Waals surface area contributed by atoms with Crippen LogP contribution < -0.4 is 5.73 Å². The van der Waals surface area contributed by atoms with Crippen molar-refractivity contribution in [2.24, 2.45) is 0 Å². The van der Waals surface area contributed by atoms with E-state index in [2.05, 4.69) is 9.97 Å². The predicted molar refractivity (Wildman–Crippen MR) is 118 cm³/mol. The maximum atomic E-state index is 13.8. The molecule has 158 valence electrons. The lowest BCUT2D eigenvalue weighted by molar-refractivity contribution is 0.587. The smallest absolute Gasteiger partial charge is 0.269 e. The van der Waals surface area contributed by atoms with Gasteiger partial charge in [0, 0.05) is 11.3 Å². The van der Waals surface area contributed by atoms with Crippen LogP contribution in [0.4, 0.5) is 10.2 Å². The minimum Gasteiger partial charge on any atom is -0.383 e. The molecule has 0 atom stereocenters. The Morgan fingerprint density at radius 2 is 1.77 bits per heavy atom. The van der Waals surface area contributed by atoms with Crippen LogP contribution in [-0.4, -0.2) is 22.4 Å². The summed E-state index contributed by atoms with van der Waals surface area (Å²) in [5.74, 6) is 0.192. The lowest BCUT2D eigenvalue weighted by atomic mass is 10.1. The zero-order valence-corrected chi connectivity index (χ0v) is 17.9. The predicted octanol–water partition coefficient (Wildman–Crippen LogP) is 4.55. The van der Waals surface area contributed by atoms with Crippen LogP contribution >= 0.6 is 0 Å². The van der Waals surface area contributed by atoms with Crippen molar-refractivity contribution in [2.45, 2.75) is 37.5 Å². The molecular formula is C23H21FN4O2S. The summed E-state index contributed by atoms with van der Waals surface area (Å²) in [6.45, 7) is 3.68. The molecule has 4 aromatic rings. The second-order valence-electron chi connectivity index (χ2n) is 8.00. The van der Waals surface area contributed by atoms with E-state index in [1.807, 2.05) is 6.92 Å². The first-order chi connectivity index (χ1) is 14.8. The van der Waals surface area contributed by atoms with E-state index in [0.717, 1.165) is 24.0 Å². The average Bonchev–Trinajstić information content (AvgIpc) is 3.50. The molecule has 0 amide bonds. The van der Waals surface area contributed by atoms with Gasteiger partial charge in [0.25, 0.3) is 10.0 Å². The molecular weight excluding hydrogens is 415 g/mol. The van der Waals surface area contributed by atoms with E-state index in [-0.39, 0.29) is 28.1 Å². The fourth-order valence-electron chi connectivity index (χ4n) is 4.06. The van der Waals surface area contributed by atoms with Crippen molar-refractivity contribution in [3.05, 3.63) is 71.2 Å². The van der Waals surface area contributed by atoms with E-state index in [4.69, 9.17) is 5.73 Å². The topological polar surface area (TPSA) is 90.9 Å². The van der Waals surface area contributed by atoms with Gasteiger partial charge in [-0.15, -0.1) is 0 Å². The Morgan fingerprint density at radius 3 is 2.42 bits per heavy atom. The molecule has 1 aliphatic rings. The first-order valence-electron chi connectivity index (χ1n) is 10.0. The number of halogens is 1. The normalized spacial score (nSPS) is 14.3. The molecule has 0 spiro atoms. The van der Waals surface area contributed by atoms with Crippen molar-refractivity contribution in [3.8, 4) is 11.4 Å². The Balaban J connectivity index is 1.83. The molecule has 2 aromatic carbocycles. The Kier molecular flexibility index (Phi) is 4.37. The van der Waals surface area contributed by atoms with Gasteiger partial charge in [-0.1, -0.05) is 29.8 Å². The third-order valence-electron chi connectivity index (χ3n) is 5.70. The number of benzene rings is 2. The standard InChI is InChI=1S/C23H21FN4O2S/c1-13-6-10-18(11-7-13)31(29,30)28-14(2)19(15-8-9-15)20-21(25)26-22(27-23(20)28)16-4-3-5-17(24)12-16/h3-7,10-12,15H,8-9H2,1-2H3,(H2,25,26,27). The van der Waals surface area contributed by atoms with Crippen LogP contribution in [-0.2, 0) is 10.0 Å². The SMILES string of the molecule is Cc1ccc(S(=O)(=O)n2c(C)c(C3CC3)c3c(N)nc(-c4cccc(F)c4)nc32)cc1. The quantitative estimate of drug-likeness (QED) is 0.507. The van der Waals surface area contributed by atoms with E-state index in [1.165, 1.54) is 16.1 Å². The lowest BCUT2D eigenvalue weighted by Gasteiger charge is -2.11. The van der Waals surface area contributed by atoms with Gasteiger partial charge in [0.2, 0.25) is 0 Å². The highest BCUT2D eigenvalue weighted by Crippen LogP contribution is 2.47. The van der Waals surface area contributed by atoms with E-state index >= 15 is 0 Å². The Morgan fingerprint density at radius 1 is 1.06 bits per heavy atom.